The number of benzene rings is 1. The molecule has 1 nitrogen and oxygen atoms in total. The van der Waals surface area contributed by atoms with E-state index in [2.05, 4.69) is 24.4 Å². The van der Waals surface area contributed by atoms with Crippen molar-refractivity contribution in [1.29, 1.82) is 0 Å². The molecule has 0 aliphatic heterocycles. The van der Waals surface area contributed by atoms with Crippen LogP contribution in [0.1, 0.15) is 24.3 Å². The molecule has 13 heavy (non-hydrogen) atoms. The number of rotatable bonds is 2. The van der Waals surface area contributed by atoms with Crippen molar-refractivity contribution in [3.05, 3.63) is 35.9 Å². The van der Waals surface area contributed by atoms with E-state index in [0.29, 0.717) is 0 Å². The number of alkyl halides is 1. The SMILES string of the molecule is CCC(Cl)c1ccccc1.CNC. The van der Waals surface area contributed by atoms with Crippen molar-refractivity contribution < 1.29 is 0 Å². The summed E-state index contributed by atoms with van der Waals surface area (Å²) in [7, 11) is 3.75. The topological polar surface area (TPSA) is 12.0 Å². The van der Waals surface area contributed by atoms with Gasteiger partial charge >= 0.3 is 0 Å². The van der Waals surface area contributed by atoms with Gasteiger partial charge in [-0.1, -0.05) is 37.3 Å². The molecule has 0 aromatic heterocycles. The Hall–Kier alpha value is -0.530. The highest BCUT2D eigenvalue weighted by Gasteiger charge is 2.01. The van der Waals surface area contributed by atoms with E-state index in [4.69, 9.17) is 11.6 Å². The predicted octanol–water partition coefficient (Wildman–Crippen LogP) is 3.21. The summed E-state index contributed by atoms with van der Waals surface area (Å²) in [5.41, 5.74) is 1.21. The van der Waals surface area contributed by atoms with Crippen LogP contribution in [0.3, 0.4) is 0 Å². The summed E-state index contributed by atoms with van der Waals surface area (Å²) in [4.78, 5) is 0. The van der Waals surface area contributed by atoms with Gasteiger partial charge in [-0.05, 0) is 26.1 Å². The van der Waals surface area contributed by atoms with E-state index in [1.54, 1.807) is 0 Å². The Morgan fingerprint density at radius 1 is 1.23 bits per heavy atom. The van der Waals surface area contributed by atoms with Gasteiger partial charge in [0.2, 0.25) is 0 Å². The highest BCUT2D eigenvalue weighted by Crippen LogP contribution is 2.22. The third-order valence-corrected chi connectivity index (χ3v) is 2.08. The fraction of sp³-hybridized carbons (Fsp3) is 0.455. The van der Waals surface area contributed by atoms with Crippen LogP contribution in [0.2, 0.25) is 0 Å². The van der Waals surface area contributed by atoms with E-state index in [0.717, 1.165) is 6.42 Å². The van der Waals surface area contributed by atoms with Crippen LogP contribution in [0, 0.1) is 0 Å². The van der Waals surface area contributed by atoms with Crippen molar-refractivity contribution in [1.82, 2.24) is 5.32 Å². The lowest BCUT2D eigenvalue weighted by molar-refractivity contribution is 0.884. The monoisotopic (exact) mass is 199 g/mol. The molecule has 0 bridgehead atoms. The van der Waals surface area contributed by atoms with Gasteiger partial charge in [0.1, 0.15) is 0 Å². The van der Waals surface area contributed by atoms with E-state index in [1.165, 1.54) is 5.56 Å². The average molecular weight is 200 g/mol. The van der Waals surface area contributed by atoms with Crippen LogP contribution >= 0.6 is 11.6 Å². The molecule has 0 saturated carbocycles. The Kier molecular flexibility index (Phi) is 7.76. The van der Waals surface area contributed by atoms with E-state index >= 15 is 0 Å². The second-order valence-corrected chi connectivity index (χ2v) is 3.31. The van der Waals surface area contributed by atoms with Crippen molar-refractivity contribution in [2.75, 3.05) is 14.1 Å². The van der Waals surface area contributed by atoms with Crippen LogP contribution in [-0.4, -0.2) is 14.1 Å². The molecule has 0 spiro atoms. The van der Waals surface area contributed by atoms with Crippen molar-refractivity contribution >= 4 is 11.6 Å². The van der Waals surface area contributed by atoms with Crippen LogP contribution in [-0.2, 0) is 0 Å². The number of nitrogens with one attached hydrogen (secondary N) is 1. The van der Waals surface area contributed by atoms with Gasteiger partial charge < -0.3 is 5.32 Å². The summed E-state index contributed by atoms with van der Waals surface area (Å²) < 4.78 is 0. The maximum atomic E-state index is 5.99. The number of hydrogen-bond acceptors (Lipinski definition) is 1. The van der Waals surface area contributed by atoms with Gasteiger partial charge in [-0.2, -0.15) is 0 Å². The zero-order valence-corrected chi connectivity index (χ0v) is 9.31. The van der Waals surface area contributed by atoms with Crippen molar-refractivity contribution in [2.24, 2.45) is 0 Å². The fourth-order valence-corrected chi connectivity index (χ4v) is 1.04. The lowest BCUT2D eigenvalue weighted by Crippen LogP contribution is -1.89. The molecular formula is C11H18ClN. The molecule has 0 radical (unpaired) electrons. The van der Waals surface area contributed by atoms with Crippen molar-refractivity contribution in [3.8, 4) is 0 Å². The zero-order valence-electron chi connectivity index (χ0n) is 8.55. The molecule has 1 aromatic rings. The van der Waals surface area contributed by atoms with Gasteiger partial charge in [0.05, 0.1) is 5.38 Å². The highest BCUT2D eigenvalue weighted by atomic mass is 35.5. The fourth-order valence-electron chi connectivity index (χ4n) is 0.898. The molecule has 0 aliphatic rings. The quantitative estimate of drug-likeness (QED) is 0.722. The Morgan fingerprint density at radius 2 is 1.69 bits per heavy atom. The van der Waals surface area contributed by atoms with E-state index in [-0.39, 0.29) is 5.38 Å². The number of halogens is 1. The van der Waals surface area contributed by atoms with Crippen LogP contribution in [0.15, 0.2) is 30.3 Å². The van der Waals surface area contributed by atoms with Gasteiger partial charge in [-0.3, -0.25) is 0 Å². The maximum absolute atomic E-state index is 5.99. The standard InChI is InChI=1S/C9H11Cl.C2H7N/c1-2-9(10)8-6-4-3-5-7-8;1-3-2/h3-7,9H,2H2,1H3;3H,1-2H3. The minimum atomic E-state index is 0.182. The maximum Gasteiger partial charge on any atom is 0.0582 e. The Labute approximate surface area is 86.1 Å². The van der Waals surface area contributed by atoms with E-state index in [9.17, 15) is 0 Å². The molecule has 1 unspecified atom stereocenters. The van der Waals surface area contributed by atoms with Gasteiger partial charge in [0, 0.05) is 0 Å². The van der Waals surface area contributed by atoms with Gasteiger partial charge in [0.15, 0.2) is 0 Å². The smallest absolute Gasteiger partial charge is 0.0582 e. The Morgan fingerprint density at radius 3 is 2.08 bits per heavy atom. The minimum absolute atomic E-state index is 0.182. The lowest BCUT2D eigenvalue weighted by Gasteiger charge is -2.04. The Balaban J connectivity index is 0.000000424. The summed E-state index contributed by atoms with van der Waals surface area (Å²) >= 11 is 5.99. The average Bonchev–Trinajstić information content (AvgIpc) is 2.19. The molecule has 0 heterocycles. The molecule has 2 heteroatoms. The van der Waals surface area contributed by atoms with Crippen molar-refractivity contribution in [2.45, 2.75) is 18.7 Å². The summed E-state index contributed by atoms with van der Waals surface area (Å²) in [6.45, 7) is 2.09. The first-order valence-corrected chi connectivity index (χ1v) is 4.97. The molecule has 1 rings (SSSR count). The van der Waals surface area contributed by atoms with Crippen LogP contribution in [0.4, 0.5) is 0 Å². The minimum Gasteiger partial charge on any atom is -0.323 e. The van der Waals surface area contributed by atoms with Gasteiger partial charge in [-0.15, -0.1) is 11.6 Å². The van der Waals surface area contributed by atoms with Crippen LogP contribution < -0.4 is 5.32 Å². The van der Waals surface area contributed by atoms with Crippen LogP contribution in [0.5, 0.6) is 0 Å². The van der Waals surface area contributed by atoms with Crippen LogP contribution in [0.25, 0.3) is 0 Å². The summed E-state index contributed by atoms with van der Waals surface area (Å²) in [6, 6.07) is 10.1. The molecule has 0 fully saturated rings. The van der Waals surface area contributed by atoms with Crippen molar-refractivity contribution in [3.63, 3.8) is 0 Å². The van der Waals surface area contributed by atoms with Gasteiger partial charge in [0.25, 0.3) is 0 Å². The lowest BCUT2D eigenvalue weighted by atomic mass is 10.1. The van der Waals surface area contributed by atoms with Gasteiger partial charge in [-0.25, -0.2) is 0 Å². The third-order valence-electron chi connectivity index (χ3n) is 1.52. The Bertz CT molecular complexity index is 199. The molecule has 1 aromatic carbocycles. The molecule has 0 saturated heterocycles. The predicted molar refractivity (Wildman–Crippen MR) is 60.3 cm³/mol. The molecule has 1 atom stereocenters. The molecule has 0 amide bonds. The normalized spacial score (nSPS) is 11.4. The second kappa shape index (κ2) is 8.09. The third kappa shape index (κ3) is 5.67. The highest BCUT2D eigenvalue weighted by molar-refractivity contribution is 6.20. The summed E-state index contributed by atoms with van der Waals surface area (Å²) in [5.74, 6) is 0. The summed E-state index contributed by atoms with van der Waals surface area (Å²) in [6.07, 6.45) is 0.992. The molecular weight excluding hydrogens is 182 g/mol. The first kappa shape index (κ1) is 12.5. The first-order valence-electron chi connectivity index (χ1n) is 4.53. The zero-order chi connectivity index (χ0) is 10.1. The summed E-state index contributed by atoms with van der Waals surface area (Å²) in [5, 5.41) is 2.93. The molecule has 1 N–H and O–H groups in total. The molecule has 0 aliphatic carbocycles. The second-order valence-electron chi connectivity index (χ2n) is 2.79. The molecule has 74 valence electrons. The van der Waals surface area contributed by atoms with E-state index < -0.39 is 0 Å². The first-order chi connectivity index (χ1) is 6.26. The van der Waals surface area contributed by atoms with E-state index in [1.807, 2.05) is 32.3 Å². The number of hydrogen-bond donors (Lipinski definition) is 1. The largest absolute Gasteiger partial charge is 0.323 e.